The van der Waals surface area contributed by atoms with Gasteiger partial charge in [-0.1, -0.05) is 28.1 Å². The number of carbonyl (C=O) groups excluding carboxylic acids is 1. The lowest BCUT2D eigenvalue weighted by molar-refractivity contribution is -0.127. The molecule has 3 nitrogen and oxygen atoms in total. The molecule has 0 aliphatic heterocycles. The number of benzene rings is 1. The fourth-order valence-electron chi connectivity index (χ4n) is 1.27. The highest BCUT2D eigenvalue weighted by atomic mass is 79.9. The van der Waals surface area contributed by atoms with Crippen LogP contribution in [-0.4, -0.2) is 31.4 Å². The molecule has 1 N–H and O–H groups in total. The second kappa shape index (κ2) is 6.01. The van der Waals surface area contributed by atoms with E-state index in [-0.39, 0.29) is 11.9 Å². The molecule has 0 heterocycles. The second-order valence-corrected chi connectivity index (χ2v) is 4.86. The van der Waals surface area contributed by atoms with Crippen LogP contribution in [0.3, 0.4) is 0 Å². The van der Waals surface area contributed by atoms with Crippen LogP contribution in [0.15, 0.2) is 28.7 Å². The smallest absolute Gasteiger partial charge is 0.236 e. The summed E-state index contributed by atoms with van der Waals surface area (Å²) in [7, 11) is 3.52. The van der Waals surface area contributed by atoms with Crippen LogP contribution in [0.5, 0.6) is 0 Å². The molecule has 1 rings (SSSR count). The molecule has 1 unspecified atom stereocenters. The number of nitrogens with one attached hydrogen (secondary N) is 1. The number of hydrogen-bond donors (Lipinski definition) is 1. The third-order valence-corrected chi connectivity index (χ3v) is 2.96. The van der Waals surface area contributed by atoms with Crippen molar-refractivity contribution in [3.8, 4) is 0 Å². The molecule has 88 valence electrons. The molecule has 16 heavy (non-hydrogen) atoms. The van der Waals surface area contributed by atoms with Gasteiger partial charge in [0.25, 0.3) is 0 Å². The van der Waals surface area contributed by atoms with Crippen LogP contribution in [0.1, 0.15) is 18.5 Å². The summed E-state index contributed by atoms with van der Waals surface area (Å²) in [4.78, 5) is 13.0. The van der Waals surface area contributed by atoms with E-state index in [4.69, 9.17) is 0 Å². The van der Waals surface area contributed by atoms with Gasteiger partial charge in [-0.15, -0.1) is 0 Å². The summed E-state index contributed by atoms with van der Waals surface area (Å²) in [5.41, 5.74) is 1.18. The molecule has 1 amide bonds. The first kappa shape index (κ1) is 13.2. The Morgan fingerprint density at radius 1 is 1.38 bits per heavy atom. The standard InChI is InChI=1S/C12H17BrN2O/c1-9(14-8-12(16)15(2)3)10-4-6-11(13)7-5-10/h4-7,9,14H,8H2,1-3H3. The van der Waals surface area contributed by atoms with E-state index < -0.39 is 0 Å². The Labute approximate surface area is 105 Å². The Kier molecular flexibility index (Phi) is 4.96. The van der Waals surface area contributed by atoms with E-state index in [9.17, 15) is 4.79 Å². The third-order valence-electron chi connectivity index (χ3n) is 2.43. The summed E-state index contributed by atoms with van der Waals surface area (Å²) < 4.78 is 1.06. The van der Waals surface area contributed by atoms with Crippen LogP contribution >= 0.6 is 15.9 Å². The number of halogens is 1. The largest absolute Gasteiger partial charge is 0.348 e. The number of amides is 1. The van der Waals surface area contributed by atoms with Crippen molar-refractivity contribution in [2.24, 2.45) is 0 Å². The normalized spacial score (nSPS) is 12.2. The Hall–Kier alpha value is -0.870. The van der Waals surface area contributed by atoms with Gasteiger partial charge in [-0.05, 0) is 24.6 Å². The summed E-state index contributed by atoms with van der Waals surface area (Å²) >= 11 is 3.39. The van der Waals surface area contributed by atoms with E-state index in [1.54, 1.807) is 19.0 Å². The van der Waals surface area contributed by atoms with Gasteiger partial charge in [0, 0.05) is 24.6 Å². The number of nitrogens with zero attached hydrogens (tertiary/aromatic N) is 1. The maximum Gasteiger partial charge on any atom is 0.236 e. The topological polar surface area (TPSA) is 32.3 Å². The highest BCUT2D eigenvalue weighted by molar-refractivity contribution is 9.10. The minimum atomic E-state index is 0.0870. The van der Waals surface area contributed by atoms with Gasteiger partial charge >= 0.3 is 0 Å². The molecule has 0 aliphatic rings. The van der Waals surface area contributed by atoms with Gasteiger partial charge in [-0.25, -0.2) is 0 Å². The zero-order valence-electron chi connectivity index (χ0n) is 9.83. The van der Waals surface area contributed by atoms with Gasteiger partial charge in [-0.3, -0.25) is 4.79 Å². The molecule has 0 spiro atoms. The van der Waals surface area contributed by atoms with Gasteiger partial charge < -0.3 is 10.2 Å². The van der Waals surface area contributed by atoms with E-state index in [1.807, 2.05) is 31.2 Å². The highest BCUT2D eigenvalue weighted by Crippen LogP contribution is 2.16. The molecule has 0 fully saturated rings. The van der Waals surface area contributed by atoms with Crippen molar-refractivity contribution in [1.82, 2.24) is 10.2 Å². The van der Waals surface area contributed by atoms with E-state index in [2.05, 4.69) is 21.2 Å². The fraction of sp³-hybridized carbons (Fsp3) is 0.417. The number of hydrogen-bond acceptors (Lipinski definition) is 2. The predicted molar refractivity (Wildman–Crippen MR) is 69.3 cm³/mol. The molecule has 1 atom stereocenters. The van der Waals surface area contributed by atoms with Crippen LogP contribution in [0.4, 0.5) is 0 Å². The third kappa shape index (κ3) is 3.94. The monoisotopic (exact) mass is 284 g/mol. The highest BCUT2D eigenvalue weighted by Gasteiger charge is 2.08. The zero-order chi connectivity index (χ0) is 12.1. The number of likely N-dealkylation sites (N-methyl/N-ethyl adjacent to an activating group) is 1. The van der Waals surface area contributed by atoms with Crippen molar-refractivity contribution in [3.63, 3.8) is 0 Å². The molecule has 0 radical (unpaired) electrons. The van der Waals surface area contributed by atoms with Crippen LogP contribution in [0, 0.1) is 0 Å². The lowest BCUT2D eigenvalue weighted by Crippen LogP contribution is -2.34. The van der Waals surface area contributed by atoms with Crippen LogP contribution in [0.25, 0.3) is 0 Å². The fourth-order valence-corrected chi connectivity index (χ4v) is 1.53. The molecule has 1 aromatic rings. The Balaban J connectivity index is 2.49. The van der Waals surface area contributed by atoms with Gasteiger partial charge in [0.05, 0.1) is 6.54 Å². The first-order valence-corrected chi connectivity index (χ1v) is 5.99. The Morgan fingerprint density at radius 3 is 2.44 bits per heavy atom. The lowest BCUT2D eigenvalue weighted by Gasteiger charge is -2.16. The zero-order valence-corrected chi connectivity index (χ0v) is 11.4. The van der Waals surface area contributed by atoms with Crippen molar-refractivity contribution < 1.29 is 4.79 Å². The first-order chi connectivity index (χ1) is 7.50. The second-order valence-electron chi connectivity index (χ2n) is 3.94. The SMILES string of the molecule is CC(NCC(=O)N(C)C)c1ccc(Br)cc1. The Bertz CT molecular complexity index is 349. The van der Waals surface area contributed by atoms with Crippen LogP contribution < -0.4 is 5.32 Å². The maximum atomic E-state index is 11.4. The van der Waals surface area contributed by atoms with E-state index in [0.29, 0.717) is 6.54 Å². The predicted octanol–water partition coefficient (Wildman–Crippen LogP) is 2.19. The maximum absolute atomic E-state index is 11.4. The van der Waals surface area contributed by atoms with Gasteiger partial charge in [0.1, 0.15) is 0 Å². The molecule has 0 bridgehead atoms. The average molecular weight is 285 g/mol. The van der Waals surface area contributed by atoms with E-state index in [1.165, 1.54) is 5.56 Å². The van der Waals surface area contributed by atoms with Crippen molar-refractivity contribution in [3.05, 3.63) is 34.3 Å². The van der Waals surface area contributed by atoms with Gasteiger partial charge in [-0.2, -0.15) is 0 Å². The summed E-state index contributed by atoms with van der Waals surface area (Å²) in [6.07, 6.45) is 0. The van der Waals surface area contributed by atoms with Gasteiger partial charge in [0.2, 0.25) is 5.91 Å². The summed E-state index contributed by atoms with van der Waals surface area (Å²) in [6.45, 7) is 2.41. The average Bonchev–Trinajstić information content (AvgIpc) is 2.26. The molecule has 0 aromatic heterocycles. The van der Waals surface area contributed by atoms with Crippen molar-refractivity contribution >= 4 is 21.8 Å². The molecule has 4 heteroatoms. The molecule has 0 aliphatic carbocycles. The van der Waals surface area contributed by atoms with Crippen LogP contribution in [-0.2, 0) is 4.79 Å². The van der Waals surface area contributed by atoms with Crippen molar-refractivity contribution in [2.75, 3.05) is 20.6 Å². The Morgan fingerprint density at radius 2 is 1.94 bits per heavy atom. The van der Waals surface area contributed by atoms with Crippen LogP contribution in [0.2, 0.25) is 0 Å². The van der Waals surface area contributed by atoms with Crippen molar-refractivity contribution in [2.45, 2.75) is 13.0 Å². The minimum Gasteiger partial charge on any atom is -0.348 e. The van der Waals surface area contributed by atoms with Gasteiger partial charge in [0.15, 0.2) is 0 Å². The molecule has 1 aromatic carbocycles. The summed E-state index contributed by atoms with van der Waals surface area (Å²) in [5.74, 6) is 0.0870. The number of carbonyl (C=O) groups is 1. The van der Waals surface area contributed by atoms with E-state index >= 15 is 0 Å². The first-order valence-electron chi connectivity index (χ1n) is 5.19. The van der Waals surface area contributed by atoms with Crippen molar-refractivity contribution in [1.29, 1.82) is 0 Å². The summed E-state index contributed by atoms with van der Waals surface area (Å²) in [6, 6.07) is 8.27. The number of rotatable bonds is 4. The van der Waals surface area contributed by atoms with E-state index in [0.717, 1.165) is 4.47 Å². The summed E-state index contributed by atoms with van der Waals surface area (Å²) in [5, 5.41) is 3.19. The molecule has 0 saturated carbocycles. The molecular weight excluding hydrogens is 268 g/mol. The molecule has 0 saturated heterocycles. The lowest BCUT2D eigenvalue weighted by atomic mass is 10.1. The molecular formula is C12H17BrN2O. The quantitative estimate of drug-likeness (QED) is 0.919. The minimum absolute atomic E-state index is 0.0870.